The molecule has 0 bridgehead atoms. The zero-order valence-corrected chi connectivity index (χ0v) is 17.0. The topological polar surface area (TPSA) is 75.5 Å². The number of amides is 1. The number of para-hydroxylation sites is 1. The standard InChI is InChI=1S/C19H17ClN4O3S/c1-26-14-9-10(20)8-12(16(14)27-2)17-21-13-7-5-4-6-11(13)15-18(25)22-19(28-3)23-24(15)17/h4-9,17H,1-3H3,(H,22,23,25)/t17-/m0/s1. The Kier molecular flexibility index (Phi) is 4.91. The number of halogens is 1. The van der Waals surface area contributed by atoms with Gasteiger partial charge in [-0.05, 0) is 18.4 Å². The molecule has 0 aliphatic carbocycles. The summed E-state index contributed by atoms with van der Waals surface area (Å²) in [6.45, 7) is 0. The van der Waals surface area contributed by atoms with Crippen LogP contribution in [0.4, 0.5) is 0 Å². The summed E-state index contributed by atoms with van der Waals surface area (Å²) >= 11 is 7.66. The Morgan fingerprint density at radius 2 is 2.00 bits per heavy atom. The number of amidine groups is 1. The fourth-order valence-electron chi connectivity index (χ4n) is 3.27. The SMILES string of the molecule is COc1cc(Cl)cc([C@H]2N=c3ccccc3=C3C(=O)NC(SC)=NN32)c1OC. The smallest absolute Gasteiger partial charge is 0.276 e. The number of nitrogens with one attached hydrogen (secondary N) is 1. The molecule has 0 saturated heterocycles. The second-order valence-corrected chi connectivity index (χ2v) is 7.24. The first kappa shape index (κ1) is 18.6. The monoisotopic (exact) mass is 416 g/mol. The lowest BCUT2D eigenvalue weighted by Crippen LogP contribution is -2.50. The van der Waals surface area contributed by atoms with Crippen LogP contribution in [0.15, 0.2) is 46.5 Å². The molecule has 28 heavy (non-hydrogen) atoms. The summed E-state index contributed by atoms with van der Waals surface area (Å²) in [5.41, 5.74) is 1.08. The van der Waals surface area contributed by atoms with Crippen LogP contribution in [-0.4, -0.2) is 36.6 Å². The largest absolute Gasteiger partial charge is 0.493 e. The predicted molar refractivity (Wildman–Crippen MR) is 109 cm³/mol. The van der Waals surface area contributed by atoms with Crippen molar-refractivity contribution in [3.63, 3.8) is 0 Å². The van der Waals surface area contributed by atoms with Crippen molar-refractivity contribution in [1.82, 2.24) is 10.3 Å². The number of carbonyl (C=O) groups is 1. The Morgan fingerprint density at radius 1 is 1.21 bits per heavy atom. The van der Waals surface area contributed by atoms with Gasteiger partial charge >= 0.3 is 0 Å². The van der Waals surface area contributed by atoms with Crippen LogP contribution in [0.1, 0.15) is 11.7 Å². The maximum Gasteiger partial charge on any atom is 0.276 e. The predicted octanol–water partition coefficient (Wildman–Crippen LogP) is 1.86. The minimum atomic E-state index is -0.638. The number of rotatable bonds is 3. The third kappa shape index (κ3) is 2.98. The third-order valence-electron chi connectivity index (χ3n) is 4.46. The highest BCUT2D eigenvalue weighted by atomic mass is 35.5. The van der Waals surface area contributed by atoms with Gasteiger partial charge < -0.3 is 9.47 Å². The first-order valence-corrected chi connectivity index (χ1v) is 9.99. The van der Waals surface area contributed by atoms with Crippen LogP contribution < -0.4 is 25.4 Å². The Labute approximate surface area is 170 Å². The quantitative estimate of drug-likeness (QED) is 0.826. The number of hydrazone groups is 1. The number of nitrogens with zero attached hydrogens (tertiary/aromatic N) is 3. The Hall–Kier alpha value is -2.71. The Bertz CT molecular complexity index is 1120. The van der Waals surface area contributed by atoms with Crippen LogP contribution in [0.5, 0.6) is 11.5 Å². The van der Waals surface area contributed by atoms with Gasteiger partial charge in [-0.2, -0.15) is 0 Å². The number of thioether (sulfide) groups is 1. The van der Waals surface area contributed by atoms with Crippen molar-refractivity contribution in [2.75, 3.05) is 20.5 Å². The average molecular weight is 417 g/mol. The van der Waals surface area contributed by atoms with Gasteiger partial charge in [-0.15, -0.1) is 5.10 Å². The van der Waals surface area contributed by atoms with E-state index in [1.165, 1.54) is 11.8 Å². The second kappa shape index (κ2) is 7.37. The van der Waals surface area contributed by atoms with Crippen LogP contribution in [0.3, 0.4) is 0 Å². The highest BCUT2D eigenvalue weighted by Gasteiger charge is 2.36. The van der Waals surface area contributed by atoms with Gasteiger partial charge in [0.05, 0.1) is 19.6 Å². The molecule has 0 aromatic heterocycles. The summed E-state index contributed by atoms with van der Waals surface area (Å²) in [4.78, 5) is 17.7. The molecule has 2 aliphatic heterocycles. The molecule has 2 heterocycles. The molecule has 0 fully saturated rings. The number of carbonyl (C=O) groups excluding carboxylic acids is 1. The average Bonchev–Trinajstić information content (AvgIpc) is 2.71. The zero-order valence-electron chi connectivity index (χ0n) is 15.4. The maximum absolute atomic E-state index is 12.9. The van der Waals surface area contributed by atoms with Gasteiger partial charge in [0.1, 0.15) is 5.70 Å². The number of benzene rings is 2. The fourth-order valence-corrected chi connectivity index (χ4v) is 3.85. The molecule has 2 aromatic carbocycles. The van der Waals surface area contributed by atoms with Crippen LogP contribution in [0, 0.1) is 0 Å². The summed E-state index contributed by atoms with van der Waals surface area (Å²) in [5.74, 6) is 0.738. The van der Waals surface area contributed by atoms with Crippen molar-refractivity contribution in [2.45, 2.75) is 6.17 Å². The van der Waals surface area contributed by atoms with Gasteiger partial charge in [-0.25, -0.2) is 5.01 Å². The molecule has 2 aliphatic rings. The van der Waals surface area contributed by atoms with E-state index in [-0.39, 0.29) is 5.91 Å². The van der Waals surface area contributed by atoms with Crippen molar-refractivity contribution >= 4 is 40.1 Å². The van der Waals surface area contributed by atoms with Crippen LogP contribution in [0.2, 0.25) is 5.02 Å². The van der Waals surface area contributed by atoms with Gasteiger partial charge in [-0.1, -0.05) is 41.6 Å². The number of fused-ring (bicyclic) bond motifs is 2. The first-order valence-electron chi connectivity index (χ1n) is 8.39. The lowest BCUT2D eigenvalue weighted by atomic mass is 10.1. The maximum atomic E-state index is 12.9. The Morgan fingerprint density at radius 3 is 2.71 bits per heavy atom. The van der Waals surface area contributed by atoms with Crippen molar-refractivity contribution in [1.29, 1.82) is 0 Å². The molecule has 1 atom stereocenters. The molecule has 144 valence electrons. The molecule has 1 N–H and O–H groups in total. The Balaban J connectivity index is 2.03. The van der Waals surface area contributed by atoms with Gasteiger partial charge in [0, 0.05) is 21.9 Å². The van der Waals surface area contributed by atoms with Gasteiger partial charge in [0.2, 0.25) is 0 Å². The molecule has 2 aromatic rings. The van der Waals surface area contributed by atoms with E-state index in [2.05, 4.69) is 10.4 Å². The van der Waals surface area contributed by atoms with E-state index in [0.29, 0.717) is 43.5 Å². The summed E-state index contributed by atoms with van der Waals surface area (Å²) in [6, 6.07) is 10.9. The number of methoxy groups -OCH3 is 2. The molecule has 7 nitrogen and oxygen atoms in total. The first-order chi connectivity index (χ1) is 13.6. The molecule has 0 spiro atoms. The zero-order chi connectivity index (χ0) is 19.8. The van der Waals surface area contributed by atoms with Crippen molar-refractivity contribution in [3.8, 4) is 11.5 Å². The third-order valence-corrected chi connectivity index (χ3v) is 5.25. The lowest BCUT2D eigenvalue weighted by molar-refractivity contribution is -0.116. The minimum absolute atomic E-state index is 0.236. The molecule has 0 saturated carbocycles. The molecule has 4 rings (SSSR count). The van der Waals surface area contributed by atoms with E-state index in [1.807, 2.05) is 30.5 Å². The van der Waals surface area contributed by atoms with E-state index >= 15 is 0 Å². The highest BCUT2D eigenvalue weighted by molar-refractivity contribution is 8.13. The highest BCUT2D eigenvalue weighted by Crippen LogP contribution is 2.42. The van der Waals surface area contributed by atoms with Crippen molar-refractivity contribution < 1.29 is 14.3 Å². The van der Waals surface area contributed by atoms with Crippen molar-refractivity contribution in [2.24, 2.45) is 10.1 Å². The lowest BCUT2D eigenvalue weighted by Gasteiger charge is -2.34. The van der Waals surface area contributed by atoms with Crippen LogP contribution >= 0.6 is 23.4 Å². The number of hydrogen-bond donors (Lipinski definition) is 1. The molecular formula is C19H17ClN4O3S. The molecule has 1 amide bonds. The van der Waals surface area contributed by atoms with E-state index in [1.54, 1.807) is 31.4 Å². The van der Waals surface area contributed by atoms with Crippen LogP contribution in [0.25, 0.3) is 5.70 Å². The normalized spacial score (nSPS) is 17.8. The molecule has 0 radical (unpaired) electrons. The number of hydrogen-bond acceptors (Lipinski definition) is 7. The number of ether oxygens (including phenoxy) is 2. The summed E-state index contributed by atoms with van der Waals surface area (Å²) < 4.78 is 11.0. The molecule has 0 unspecified atom stereocenters. The molecule has 9 heteroatoms. The van der Waals surface area contributed by atoms with Crippen molar-refractivity contribution in [3.05, 3.63) is 57.6 Å². The minimum Gasteiger partial charge on any atom is -0.493 e. The van der Waals surface area contributed by atoms with Gasteiger partial charge in [0.15, 0.2) is 22.8 Å². The summed E-state index contributed by atoms with van der Waals surface area (Å²) in [7, 11) is 3.09. The van der Waals surface area contributed by atoms with Crippen LogP contribution in [-0.2, 0) is 4.79 Å². The van der Waals surface area contributed by atoms with Gasteiger partial charge in [0.25, 0.3) is 5.91 Å². The summed E-state index contributed by atoms with van der Waals surface area (Å²) in [5, 5.41) is 11.4. The van der Waals surface area contributed by atoms with E-state index < -0.39 is 6.17 Å². The molecular weight excluding hydrogens is 400 g/mol. The van der Waals surface area contributed by atoms with E-state index in [0.717, 1.165) is 0 Å². The van der Waals surface area contributed by atoms with E-state index in [9.17, 15) is 4.79 Å². The second-order valence-electron chi connectivity index (χ2n) is 6.01. The van der Waals surface area contributed by atoms with E-state index in [4.69, 9.17) is 26.1 Å². The summed E-state index contributed by atoms with van der Waals surface area (Å²) in [6.07, 6.45) is 1.21. The van der Waals surface area contributed by atoms with Gasteiger partial charge in [-0.3, -0.25) is 15.1 Å². The fraction of sp³-hybridized carbons (Fsp3) is 0.211.